The quantitative estimate of drug-likeness (QED) is 0.377. The summed E-state index contributed by atoms with van der Waals surface area (Å²) in [4.78, 5) is 10.6. The highest BCUT2D eigenvalue weighted by Crippen LogP contribution is 2.15. The number of esters is 1. The predicted molar refractivity (Wildman–Crippen MR) is 41.5 cm³/mol. The van der Waals surface area contributed by atoms with E-state index in [0.717, 1.165) is 6.08 Å². The molecule has 63 valence electrons. The summed E-state index contributed by atoms with van der Waals surface area (Å²) in [5.41, 5.74) is 0. The van der Waals surface area contributed by atoms with Crippen LogP contribution in [0.4, 0.5) is 0 Å². The molecular weight excluding hydrogens is 144 g/mol. The summed E-state index contributed by atoms with van der Waals surface area (Å²) < 4.78 is 4.62. The van der Waals surface area contributed by atoms with Crippen molar-refractivity contribution in [3.05, 3.63) is 19.6 Å². The first kappa shape index (κ1) is 10.2. The molecule has 0 bridgehead atoms. The Morgan fingerprint density at radius 1 is 1.82 bits per heavy atom. The van der Waals surface area contributed by atoms with Crippen molar-refractivity contribution < 1.29 is 14.6 Å². The summed E-state index contributed by atoms with van der Waals surface area (Å²) >= 11 is 0. The lowest BCUT2D eigenvalue weighted by molar-refractivity contribution is -0.204. The lowest BCUT2D eigenvalue weighted by Gasteiger charge is -2.23. The summed E-state index contributed by atoms with van der Waals surface area (Å²) in [5, 5.41) is 9.38. The topological polar surface area (TPSA) is 46.5 Å². The summed E-state index contributed by atoms with van der Waals surface area (Å²) in [7, 11) is 0. The predicted octanol–water partition coefficient (Wildman–Crippen LogP) is 1.04. The fourth-order valence-electron chi connectivity index (χ4n) is 0.529. The lowest BCUT2D eigenvalue weighted by atomic mass is 10.1. The van der Waals surface area contributed by atoms with E-state index in [4.69, 9.17) is 0 Å². The zero-order valence-electron chi connectivity index (χ0n) is 6.67. The first-order valence-corrected chi connectivity index (χ1v) is 3.45. The molecule has 0 aromatic carbocycles. The van der Waals surface area contributed by atoms with Gasteiger partial charge in [0.2, 0.25) is 5.79 Å². The molecule has 0 heterocycles. The highest BCUT2D eigenvalue weighted by atomic mass is 16.7. The van der Waals surface area contributed by atoms with Crippen LogP contribution in [0.25, 0.3) is 0 Å². The van der Waals surface area contributed by atoms with Gasteiger partial charge in [-0.25, -0.2) is 4.79 Å². The Labute approximate surface area is 66.7 Å². The number of hydrogen-bond donors (Lipinski definition) is 1. The Balaban J connectivity index is 4.06. The molecular formula is C8H13O3. The smallest absolute Gasteiger partial charge is 0.332 e. The molecule has 0 aliphatic rings. The van der Waals surface area contributed by atoms with Gasteiger partial charge in [0, 0.05) is 18.9 Å². The maximum atomic E-state index is 10.6. The molecule has 0 fully saturated rings. The van der Waals surface area contributed by atoms with Gasteiger partial charge < -0.3 is 9.84 Å². The van der Waals surface area contributed by atoms with Crippen molar-refractivity contribution in [2.75, 3.05) is 0 Å². The van der Waals surface area contributed by atoms with Gasteiger partial charge in [0.25, 0.3) is 0 Å². The average Bonchev–Trinajstić information content (AvgIpc) is 2.04. The van der Waals surface area contributed by atoms with Crippen LogP contribution in [-0.4, -0.2) is 16.9 Å². The van der Waals surface area contributed by atoms with Gasteiger partial charge in [-0.2, -0.15) is 0 Å². The SMILES string of the molecule is [CH2]CC(O)(CC)OC(=O)C=C. The second-order valence-corrected chi connectivity index (χ2v) is 2.17. The van der Waals surface area contributed by atoms with E-state index in [9.17, 15) is 9.90 Å². The van der Waals surface area contributed by atoms with Crippen molar-refractivity contribution in [1.82, 2.24) is 0 Å². The van der Waals surface area contributed by atoms with Crippen LogP contribution < -0.4 is 0 Å². The second-order valence-electron chi connectivity index (χ2n) is 2.17. The molecule has 0 aliphatic heterocycles. The molecule has 0 spiro atoms. The van der Waals surface area contributed by atoms with Crippen LogP contribution in [0, 0.1) is 6.92 Å². The molecule has 1 unspecified atom stereocenters. The van der Waals surface area contributed by atoms with Crippen LogP contribution in [0.2, 0.25) is 0 Å². The van der Waals surface area contributed by atoms with Gasteiger partial charge in [0.1, 0.15) is 0 Å². The van der Waals surface area contributed by atoms with Gasteiger partial charge in [-0.05, 0) is 6.92 Å². The van der Waals surface area contributed by atoms with Gasteiger partial charge in [0.15, 0.2) is 0 Å². The Bertz CT molecular complexity index is 147. The van der Waals surface area contributed by atoms with Gasteiger partial charge in [-0.15, -0.1) is 0 Å². The third-order valence-corrected chi connectivity index (χ3v) is 1.40. The van der Waals surface area contributed by atoms with Crippen LogP contribution in [0.15, 0.2) is 12.7 Å². The van der Waals surface area contributed by atoms with Gasteiger partial charge in [-0.1, -0.05) is 13.5 Å². The van der Waals surface area contributed by atoms with Gasteiger partial charge >= 0.3 is 5.97 Å². The minimum Gasteiger partial charge on any atom is -0.430 e. The number of ether oxygens (including phenoxy) is 1. The van der Waals surface area contributed by atoms with E-state index >= 15 is 0 Å². The third kappa shape index (κ3) is 3.18. The number of carbonyl (C=O) groups excluding carboxylic acids is 1. The van der Waals surface area contributed by atoms with E-state index in [1.54, 1.807) is 6.92 Å². The van der Waals surface area contributed by atoms with E-state index in [0.29, 0.717) is 6.42 Å². The van der Waals surface area contributed by atoms with Gasteiger partial charge in [-0.3, -0.25) is 0 Å². The van der Waals surface area contributed by atoms with E-state index in [1.165, 1.54) is 0 Å². The third-order valence-electron chi connectivity index (χ3n) is 1.40. The molecule has 0 aromatic heterocycles. The van der Waals surface area contributed by atoms with Crippen LogP contribution >= 0.6 is 0 Å². The molecule has 0 amide bonds. The van der Waals surface area contributed by atoms with Crippen LogP contribution in [0.1, 0.15) is 19.8 Å². The van der Waals surface area contributed by atoms with E-state index in [2.05, 4.69) is 18.2 Å². The van der Waals surface area contributed by atoms with Crippen LogP contribution in [-0.2, 0) is 9.53 Å². The monoisotopic (exact) mass is 157 g/mol. The minimum atomic E-state index is -1.43. The Morgan fingerprint density at radius 3 is 2.64 bits per heavy atom. The molecule has 3 heteroatoms. The molecule has 0 aromatic rings. The maximum Gasteiger partial charge on any atom is 0.332 e. The van der Waals surface area contributed by atoms with Crippen LogP contribution in [0.5, 0.6) is 0 Å². The van der Waals surface area contributed by atoms with Crippen molar-refractivity contribution in [1.29, 1.82) is 0 Å². The minimum absolute atomic E-state index is 0.142. The molecule has 0 rings (SSSR count). The number of hydrogen-bond acceptors (Lipinski definition) is 3. The van der Waals surface area contributed by atoms with Crippen molar-refractivity contribution in [3.63, 3.8) is 0 Å². The fraction of sp³-hybridized carbons (Fsp3) is 0.500. The highest BCUT2D eigenvalue weighted by molar-refractivity contribution is 5.81. The summed E-state index contributed by atoms with van der Waals surface area (Å²) in [6.45, 7) is 8.37. The van der Waals surface area contributed by atoms with Crippen molar-refractivity contribution >= 4 is 5.97 Å². The standard InChI is InChI=1S/C8H13O3/c1-4-7(9)11-8(10,5-2)6-3/h4,10H,1-2,5-6H2,3H3. The Kier molecular flexibility index (Phi) is 3.82. The molecule has 3 nitrogen and oxygen atoms in total. The molecule has 0 saturated carbocycles. The van der Waals surface area contributed by atoms with E-state index in [1.807, 2.05) is 0 Å². The molecule has 1 atom stereocenters. The Morgan fingerprint density at radius 2 is 2.36 bits per heavy atom. The molecule has 0 saturated heterocycles. The zero-order valence-corrected chi connectivity index (χ0v) is 6.67. The second kappa shape index (κ2) is 4.13. The number of carbonyl (C=O) groups is 1. The van der Waals surface area contributed by atoms with E-state index in [-0.39, 0.29) is 6.42 Å². The largest absolute Gasteiger partial charge is 0.430 e. The summed E-state index contributed by atoms with van der Waals surface area (Å²) in [6, 6.07) is 0. The molecule has 1 N–H and O–H groups in total. The number of aliphatic hydroxyl groups is 1. The maximum absolute atomic E-state index is 10.6. The lowest BCUT2D eigenvalue weighted by Crippen LogP contribution is -2.32. The molecule has 11 heavy (non-hydrogen) atoms. The zero-order chi connectivity index (χ0) is 8.91. The average molecular weight is 157 g/mol. The molecule has 0 aliphatic carbocycles. The van der Waals surface area contributed by atoms with Crippen molar-refractivity contribution in [3.8, 4) is 0 Å². The fourth-order valence-corrected chi connectivity index (χ4v) is 0.529. The number of rotatable bonds is 4. The van der Waals surface area contributed by atoms with E-state index < -0.39 is 11.8 Å². The van der Waals surface area contributed by atoms with Crippen molar-refractivity contribution in [2.24, 2.45) is 0 Å². The normalized spacial score (nSPS) is 10.8. The highest BCUT2D eigenvalue weighted by Gasteiger charge is 2.25. The summed E-state index contributed by atoms with van der Waals surface area (Å²) in [6.07, 6.45) is 1.48. The first-order chi connectivity index (χ1) is 5.08. The Hall–Kier alpha value is -0.830. The first-order valence-electron chi connectivity index (χ1n) is 3.45. The van der Waals surface area contributed by atoms with Crippen molar-refractivity contribution in [2.45, 2.75) is 25.6 Å². The van der Waals surface area contributed by atoms with Crippen LogP contribution in [0.3, 0.4) is 0 Å². The molecule has 1 radical (unpaired) electrons. The summed E-state index contributed by atoms with van der Waals surface area (Å²) in [5.74, 6) is -2.05. The van der Waals surface area contributed by atoms with Gasteiger partial charge in [0.05, 0.1) is 0 Å².